The molecule has 5 heterocycles. The minimum atomic E-state index is -4.68. The van der Waals surface area contributed by atoms with Crippen LogP contribution in [0.1, 0.15) is 25.6 Å². The number of carbonyl (C=O) groups is 1. The number of carbonyl (C=O) groups excluding carboxylic acids is 1. The molecule has 0 spiro atoms. The number of aryl methyl sites for hydroxylation is 1. The Morgan fingerprint density at radius 2 is 1.74 bits per heavy atom. The molecule has 1 aromatic carbocycles. The summed E-state index contributed by atoms with van der Waals surface area (Å²) in [6, 6.07) is 7.71. The normalized spacial score (nSPS) is 12.5. The summed E-state index contributed by atoms with van der Waals surface area (Å²) < 4.78 is 71.8. The van der Waals surface area contributed by atoms with Crippen LogP contribution in [-0.4, -0.2) is 83.1 Å². The average Bonchev–Trinajstić information content (AvgIpc) is 3.70. The summed E-state index contributed by atoms with van der Waals surface area (Å²) in [7, 11) is -6.04. The van der Waals surface area contributed by atoms with Crippen molar-refractivity contribution in [2.75, 3.05) is 31.9 Å². The van der Waals surface area contributed by atoms with E-state index in [-0.39, 0.29) is 41.4 Å². The maximum atomic E-state index is 13.0. The number of anilines is 1. The number of rotatable bonds is 10. The van der Waals surface area contributed by atoms with E-state index >= 15 is 0 Å². The third-order valence-electron chi connectivity index (χ3n) is 7.45. The number of nitrogens with one attached hydrogen (secondary N) is 2. The minimum Gasteiger partial charge on any atom is -0.481 e. The lowest BCUT2D eigenvalue weighted by atomic mass is 10.2. The van der Waals surface area contributed by atoms with Gasteiger partial charge >= 0.3 is 11.7 Å². The standard InChI is InChI=1S/C16H18N6O7S2.C15H13Cl2N3O2/c1-4-30(24,25)13-14(22-8-6-5-7-10(22)17-13)31(26,27)21-16(23)20-15-18-11(28-2)9-12(19-15)29-3;1-2-7-22-13-9-12(10(16)8-11(13)17)20-15(21)19-6-4-3-5-14(19)18-20/h5-9H,4H2,1-3H3,(H2,18,19,20,21,23);1,8-9H,3-7H2. The molecule has 6 rings (SSSR count). The Morgan fingerprint density at radius 1 is 1.02 bits per heavy atom. The first-order valence-corrected chi connectivity index (χ1v) is 19.4. The number of benzene rings is 1. The van der Waals surface area contributed by atoms with Gasteiger partial charge in [0.25, 0.3) is 10.0 Å². The summed E-state index contributed by atoms with van der Waals surface area (Å²) in [6.45, 7) is 2.11. The van der Waals surface area contributed by atoms with Gasteiger partial charge in [0, 0.05) is 25.2 Å². The molecular formula is C31H31Cl2N9O9S2. The fourth-order valence-corrected chi connectivity index (χ4v) is 8.15. The number of imidazole rings is 1. The molecule has 4 aromatic heterocycles. The molecule has 0 saturated heterocycles. The van der Waals surface area contributed by atoms with Crippen LogP contribution in [0.2, 0.25) is 10.0 Å². The fraction of sp³-hybridized carbons (Fsp3) is 0.290. The van der Waals surface area contributed by atoms with Crippen LogP contribution >= 0.6 is 23.2 Å². The number of sulfone groups is 1. The number of terminal acetylenes is 1. The van der Waals surface area contributed by atoms with Crippen molar-refractivity contribution in [2.24, 2.45) is 0 Å². The second kappa shape index (κ2) is 16.1. The van der Waals surface area contributed by atoms with E-state index in [1.165, 1.54) is 56.3 Å². The Balaban J connectivity index is 0.000000216. The number of methoxy groups -OCH3 is 2. The Hall–Kier alpha value is -5.36. The summed E-state index contributed by atoms with van der Waals surface area (Å²) >= 11 is 12.3. The first-order chi connectivity index (χ1) is 25.2. The van der Waals surface area contributed by atoms with Gasteiger partial charge in [-0.1, -0.05) is 42.1 Å². The van der Waals surface area contributed by atoms with Gasteiger partial charge in [-0.3, -0.25) is 14.3 Å². The molecule has 0 atom stereocenters. The van der Waals surface area contributed by atoms with Gasteiger partial charge in [-0.15, -0.1) is 11.5 Å². The molecule has 0 fully saturated rings. The predicted octanol–water partition coefficient (Wildman–Crippen LogP) is 3.13. The molecule has 0 bridgehead atoms. The average molecular weight is 809 g/mol. The highest BCUT2D eigenvalue weighted by atomic mass is 35.5. The third-order valence-corrected chi connectivity index (χ3v) is 11.2. The minimum absolute atomic E-state index is 0.0584. The molecule has 22 heteroatoms. The maximum Gasteiger partial charge on any atom is 0.350 e. The number of hydrogen-bond acceptors (Lipinski definition) is 13. The number of aromatic nitrogens is 7. The highest BCUT2D eigenvalue weighted by molar-refractivity contribution is 7.93. The van der Waals surface area contributed by atoms with Crippen molar-refractivity contribution >= 4 is 60.7 Å². The molecule has 18 nitrogen and oxygen atoms in total. The smallest absolute Gasteiger partial charge is 0.350 e. The first-order valence-electron chi connectivity index (χ1n) is 15.5. The van der Waals surface area contributed by atoms with Crippen molar-refractivity contribution in [1.82, 2.24) is 38.4 Å². The van der Waals surface area contributed by atoms with Crippen LogP contribution in [0.4, 0.5) is 10.7 Å². The van der Waals surface area contributed by atoms with E-state index in [9.17, 15) is 26.4 Å². The Morgan fingerprint density at radius 3 is 2.38 bits per heavy atom. The number of hydrogen-bond donors (Lipinski definition) is 2. The molecule has 1 aliphatic heterocycles. The topological polar surface area (TPSA) is 220 Å². The molecular weight excluding hydrogens is 777 g/mol. The summed E-state index contributed by atoms with van der Waals surface area (Å²) in [5.74, 6) is 2.94. The zero-order valence-corrected chi connectivity index (χ0v) is 31.4. The molecule has 0 unspecified atom stereocenters. The Labute approximate surface area is 313 Å². The molecule has 0 aliphatic carbocycles. The summed E-state index contributed by atoms with van der Waals surface area (Å²) in [5, 5.41) is 5.82. The second-order valence-electron chi connectivity index (χ2n) is 10.8. The van der Waals surface area contributed by atoms with Crippen LogP contribution in [-0.2, 0) is 32.8 Å². The van der Waals surface area contributed by atoms with Gasteiger partial charge in [-0.25, -0.2) is 27.7 Å². The van der Waals surface area contributed by atoms with Crippen molar-refractivity contribution in [3.05, 3.63) is 68.9 Å². The predicted molar refractivity (Wildman–Crippen MR) is 193 cm³/mol. The van der Waals surface area contributed by atoms with Crippen LogP contribution in [0.5, 0.6) is 17.5 Å². The lowest BCUT2D eigenvalue weighted by Crippen LogP contribution is -2.36. The van der Waals surface area contributed by atoms with E-state index in [1.807, 2.05) is 0 Å². The summed E-state index contributed by atoms with van der Waals surface area (Å²) in [6.07, 6.45) is 9.29. The summed E-state index contributed by atoms with van der Waals surface area (Å²) in [5.41, 5.74) is 0.308. The number of sulfonamides is 1. The molecule has 1 aliphatic rings. The van der Waals surface area contributed by atoms with E-state index in [2.05, 4.69) is 31.3 Å². The zero-order valence-electron chi connectivity index (χ0n) is 28.2. The van der Waals surface area contributed by atoms with Crippen molar-refractivity contribution in [2.45, 2.75) is 42.8 Å². The monoisotopic (exact) mass is 807 g/mol. The summed E-state index contributed by atoms with van der Waals surface area (Å²) in [4.78, 5) is 36.5. The number of urea groups is 1. The number of halogens is 2. The SMILES string of the molecule is C#CCOc1cc(-n2nc3n(c2=O)CCCC3)c(Cl)cc1Cl.CCS(=O)(=O)c1nc2ccccn2c1S(=O)(=O)NC(=O)Nc1nc(OC)cc(OC)n1. The van der Waals surface area contributed by atoms with Crippen molar-refractivity contribution in [3.63, 3.8) is 0 Å². The van der Waals surface area contributed by atoms with Crippen LogP contribution in [0.15, 0.2) is 57.4 Å². The number of pyridine rings is 1. The van der Waals surface area contributed by atoms with Crippen LogP contribution in [0.3, 0.4) is 0 Å². The van der Waals surface area contributed by atoms with Crippen molar-refractivity contribution in [1.29, 1.82) is 0 Å². The molecule has 5 aromatic rings. The van der Waals surface area contributed by atoms with E-state index in [0.29, 0.717) is 28.0 Å². The molecule has 2 N–H and O–H groups in total. The van der Waals surface area contributed by atoms with E-state index in [1.54, 1.807) is 21.4 Å². The number of fused-ring (bicyclic) bond motifs is 2. The second-order valence-corrected chi connectivity index (χ2v) is 15.4. The molecule has 280 valence electrons. The van der Waals surface area contributed by atoms with Crippen LogP contribution < -0.4 is 29.9 Å². The van der Waals surface area contributed by atoms with E-state index in [4.69, 9.17) is 43.8 Å². The lowest BCUT2D eigenvalue weighted by molar-refractivity contribution is 0.256. The van der Waals surface area contributed by atoms with Gasteiger partial charge < -0.3 is 14.2 Å². The maximum absolute atomic E-state index is 13.0. The van der Waals surface area contributed by atoms with Crippen LogP contribution in [0, 0.1) is 12.3 Å². The zero-order chi connectivity index (χ0) is 38.5. The van der Waals surface area contributed by atoms with Crippen molar-refractivity contribution < 1.29 is 35.8 Å². The van der Waals surface area contributed by atoms with Gasteiger partial charge in [-0.05, 0) is 31.0 Å². The molecule has 0 radical (unpaired) electrons. The Bertz CT molecular complexity index is 2490. The molecule has 2 amide bonds. The third kappa shape index (κ3) is 8.49. The molecule has 53 heavy (non-hydrogen) atoms. The highest BCUT2D eigenvalue weighted by Crippen LogP contribution is 2.33. The molecule has 0 saturated carbocycles. The van der Waals surface area contributed by atoms with E-state index < -0.39 is 35.9 Å². The highest BCUT2D eigenvalue weighted by Gasteiger charge is 2.33. The van der Waals surface area contributed by atoms with Gasteiger partial charge in [0.05, 0.1) is 41.8 Å². The van der Waals surface area contributed by atoms with Gasteiger partial charge in [-0.2, -0.15) is 23.1 Å². The lowest BCUT2D eigenvalue weighted by Gasteiger charge is -2.10. The Kier molecular flexibility index (Phi) is 11.8. The fourth-order valence-electron chi connectivity index (χ4n) is 4.97. The van der Waals surface area contributed by atoms with E-state index in [0.717, 1.165) is 29.5 Å². The number of nitrogens with zero attached hydrogens (tertiary/aromatic N) is 7. The number of ether oxygens (including phenoxy) is 3. The van der Waals surface area contributed by atoms with Gasteiger partial charge in [0.1, 0.15) is 23.8 Å². The van der Waals surface area contributed by atoms with Crippen molar-refractivity contribution in [3.8, 4) is 35.5 Å². The van der Waals surface area contributed by atoms with Crippen LogP contribution in [0.25, 0.3) is 11.3 Å². The quantitative estimate of drug-likeness (QED) is 0.194. The number of amides is 2. The largest absolute Gasteiger partial charge is 0.481 e. The van der Waals surface area contributed by atoms with Gasteiger partial charge in [0.15, 0.2) is 19.9 Å². The first kappa shape index (κ1) is 38.9. The van der Waals surface area contributed by atoms with Gasteiger partial charge in [0.2, 0.25) is 17.7 Å².